The van der Waals surface area contributed by atoms with Crippen LogP contribution in [-0.4, -0.2) is 16.7 Å². The largest absolute Gasteiger partial charge is 0.396 e. The Morgan fingerprint density at radius 3 is 2.87 bits per heavy atom. The summed E-state index contributed by atoms with van der Waals surface area (Å²) in [6.07, 6.45) is 6.72. The summed E-state index contributed by atoms with van der Waals surface area (Å²) in [7, 11) is 0. The van der Waals surface area contributed by atoms with E-state index in [4.69, 9.17) is 5.11 Å². The molecule has 1 unspecified atom stereocenters. The van der Waals surface area contributed by atoms with Crippen LogP contribution in [0.15, 0.2) is 5.38 Å². The van der Waals surface area contributed by atoms with Gasteiger partial charge in [-0.1, -0.05) is 26.2 Å². The Morgan fingerprint density at radius 1 is 1.47 bits per heavy atom. The van der Waals surface area contributed by atoms with Crippen LogP contribution in [0.4, 0.5) is 0 Å². The zero-order valence-electron chi connectivity index (χ0n) is 9.28. The first kappa shape index (κ1) is 11.1. The highest BCUT2D eigenvalue weighted by Gasteiger charge is 2.19. The van der Waals surface area contributed by atoms with Crippen LogP contribution in [0.5, 0.6) is 0 Å². The summed E-state index contributed by atoms with van der Waals surface area (Å²) in [5.41, 5.74) is 1.07. The van der Waals surface area contributed by atoms with Gasteiger partial charge in [-0.3, -0.25) is 0 Å². The van der Waals surface area contributed by atoms with Gasteiger partial charge in [0.05, 0.1) is 17.3 Å². The number of hydrogen-bond acceptors (Lipinski definition) is 3. The second-order valence-corrected chi connectivity index (χ2v) is 5.42. The summed E-state index contributed by atoms with van der Waals surface area (Å²) in [5, 5.41) is 12.5. The number of aromatic nitrogens is 1. The standard InChI is InChI=1S/C12H19NOS/c1-9(7-14)11-8-15-12(13-11)10-5-3-2-4-6-10/h8-10,14H,2-7H2,1H3. The van der Waals surface area contributed by atoms with Crippen molar-refractivity contribution in [2.75, 3.05) is 6.61 Å². The van der Waals surface area contributed by atoms with E-state index in [2.05, 4.69) is 10.4 Å². The van der Waals surface area contributed by atoms with Crippen LogP contribution < -0.4 is 0 Å². The van der Waals surface area contributed by atoms with E-state index in [0.29, 0.717) is 5.92 Å². The second-order valence-electron chi connectivity index (χ2n) is 4.53. The molecule has 0 aromatic carbocycles. The molecule has 0 bridgehead atoms. The molecule has 0 aliphatic heterocycles. The summed E-state index contributed by atoms with van der Waals surface area (Å²) in [6.45, 7) is 2.23. The molecule has 15 heavy (non-hydrogen) atoms. The third kappa shape index (κ3) is 2.58. The van der Waals surface area contributed by atoms with Gasteiger partial charge in [0.1, 0.15) is 0 Å². The van der Waals surface area contributed by atoms with Gasteiger partial charge in [-0.15, -0.1) is 11.3 Å². The fourth-order valence-corrected chi connectivity index (χ4v) is 3.27. The lowest BCUT2D eigenvalue weighted by molar-refractivity contribution is 0.271. The van der Waals surface area contributed by atoms with Crippen molar-refractivity contribution in [1.82, 2.24) is 4.98 Å². The fourth-order valence-electron chi connectivity index (χ4n) is 2.16. The molecular formula is C12H19NOS. The smallest absolute Gasteiger partial charge is 0.0959 e. The van der Waals surface area contributed by atoms with Gasteiger partial charge in [-0.05, 0) is 12.8 Å². The van der Waals surface area contributed by atoms with Gasteiger partial charge in [-0.25, -0.2) is 4.98 Å². The zero-order chi connectivity index (χ0) is 10.7. The number of aliphatic hydroxyl groups excluding tert-OH is 1. The first-order chi connectivity index (χ1) is 7.31. The lowest BCUT2D eigenvalue weighted by atomic mass is 9.90. The molecule has 2 nitrogen and oxygen atoms in total. The third-order valence-corrected chi connectivity index (χ3v) is 4.30. The van der Waals surface area contributed by atoms with Crippen molar-refractivity contribution < 1.29 is 5.11 Å². The van der Waals surface area contributed by atoms with Crippen molar-refractivity contribution >= 4 is 11.3 Å². The van der Waals surface area contributed by atoms with Gasteiger partial charge in [0.2, 0.25) is 0 Å². The molecular weight excluding hydrogens is 206 g/mol. The number of aliphatic hydroxyl groups is 1. The molecule has 1 fully saturated rings. The number of hydrogen-bond donors (Lipinski definition) is 1. The van der Waals surface area contributed by atoms with E-state index < -0.39 is 0 Å². The van der Waals surface area contributed by atoms with Crippen LogP contribution in [0.25, 0.3) is 0 Å². The first-order valence-electron chi connectivity index (χ1n) is 5.87. The minimum absolute atomic E-state index is 0.193. The average Bonchev–Trinajstić information content (AvgIpc) is 2.78. The Morgan fingerprint density at radius 2 is 2.20 bits per heavy atom. The number of nitrogens with zero attached hydrogens (tertiary/aromatic N) is 1. The normalized spacial score (nSPS) is 20.4. The van der Waals surface area contributed by atoms with Crippen LogP contribution in [0.2, 0.25) is 0 Å². The van der Waals surface area contributed by atoms with Crippen LogP contribution >= 0.6 is 11.3 Å². The molecule has 0 saturated heterocycles. The highest BCUT2D eigenvalue weighted by Crippen LogP contribution is 2.35. The lowest BCUT2D eigenvalue weighted by Crippen LogP contribution is -2.05. The molecule has 0 amide bonds. The molecule has 0 radical (unpaired) electrons. The van der Waals surface area contributed by atoms with Gasteiger partial charge >= 0.3 is 0 Å². The van der Waals surface area contributed by atoms with E-state index in [1.54, 1.807) is 11.3 Å². The zero-order valence-corrected chi connectivity index (χ0v) is 10.1. The predicted octanol–water partition coefficient (Wildman–Crippen LogP) is 3.29. The molecule has 84 valence electrons. The van der Waals surface area contributed by atoms with Crippen LogP contribution in [-0.2, 0) is 0 Å². The van der Waals surface area contributed by atoms with E-state index >= 15 is 0 Å². The van der Waals surface area contributed by atoms with Gasteiger partial charge in [0.15, 0.2) is 0 Å². The van der Waals surface area contributed by atoms with Crippen molar-refractivity contribution in [3.63, 3.8) is 0 Å². The van der Waals surface area contributed by atoms with E-state index in [1.165, 1.54) is 37.1 Å². The number of rotatable bonds is 3. The summed E-state index contributed by atoms with van der Waals surface area (Å²) in [6, 6.07) is 0. The van der Waals surface area contributed by atoms with E-state index in [9.17, 15) is 0 Å². The minimum Gasteiger partial charge on any atom is -0.396 e. The Balaban J connectivity index is 2.05. The lowest BCUT2D eigenvalue weighted by Gasteiger charge is -2.19. The Kier molecular flexibility index (Phi) is 3.76. The Labute approximate surface area is 95.4 Å². The SMILES string of the molecule is CC(CO)c1csc(C2CCCCC2)n1. The minimum atomic E-state index is 0.193. The van der Waals surface area contributed by atoms with Gasteiger partial charge < -0.3 is 5.11 Å². The molecule has 1 heterocycles. The summed E-state index contributed by atoms with van der Waals surface area (Å²) in [4.78, 5) is 4.66. The monoisotopic (exact) mass is 225 g/mol. The third-order valence-electron chi connectivity index (χ3n) is 3.27. The molecule has 1 aliphatic carbocycles. The maximum absolute atomic E-state index is 9.07. The molecule has 1 saturated carbocycles. The molecule has 0 spiro atoms. The van der Waals surface area contributed by atoms with Gasteiger partial charge in [0, 0.05) is 17.2 Å². The maximum atomic E-state index is 9.07. The summed E-state index contributed by atoms with van der Waals surface area (Å²) < 4.78 is 0. The number of thiazole rings is 1. The summed E-state index contributed by atoms with van der Waals surface area (Å²) >= 11 is 1.78. The second kappa shape index (κ2) is 5.08. The van der Waals surface area contributed by atoms with Crippen LogP contribution in [0, 0.1) is 0 Å². The molecule has 2 rings (SSSR count). The quantitative estimate of drug-likeness (QED) is 0.856. The first-order valence-corrected chi connectivity index (χ1v) is 6.75. The highest BCUT2D eigenvalue weighted by molar-refractivity contribution is 7.09. The topological polar surface area (TPSA) is 33.1 Å². The Hall–Kier alpha value is -0.410. The average molecular weight is 225 g/mol. The van der Waals surface area contributed by atoms with Crippen molar-refractivity contribution in [2.24, 2.45) is 0 Å². The molecule has 1 aromatic heterocycles. The predicted molar refractivity (Wildman–Crippen MR) is 63.4 cm³/mol. The van der Waals surface area contributed by atoms with Crippen molar-refractivity contribution in [3.05, 3.63) is 16.1 Å². The van der Waals surface area contributed by atoms with Crippen LogP contribution in [0.3, 0.4) is 0 Å². The maximum Gasteiger partial charge on any atom is 0.0959 e. The molecule has 1 atom stereocenters. The van der Waals surface area contributed by atoms with E-state index in [0.717, 1.165) is 5.69 Å². The Bertz CT molecular complexity index is 304. The summed E-state index contributed by atoms with van der Waals surface area (Å²) in [5.74, 6) is 0.891. The fraction of sp³-hybridized carbons (Fsp3) is 0.750. The van der Waals surface area contributed by atoms with Crippen LogP contribution in [0.1, 0.15) is 61.6 Å². The molecule has 1 aliphatic rings. The van der Waals surface area contributed by atoms with Gasteiger partial charge in [-0.2, -0.15) is 0 Å². The highest BCUT2D eigenvalue weighted by atomic mass is 32.1. The van der Waals surface area contributed by atoms with Crippen molar-refractivity contribution in [1.29, 1.82) is 0 Å². The van der Waals surface area contributed by atoms with Crippen molar-refractivity contribution in [2.45, 2.75) is 50.9 Å². The van der Waals surface area contributed by atoms with E-state index in [1.807, 2.05) is 6.92 Å². The molecule has 1 aromatic rings. The van der Waals surface area contributed by atoms with Crippen molar-refractivity contribution in [3.8, 4) is 0 Å². The molecule has 1 N–H and O–H groups in total. The van der Waals surface area contributed by atoms with E-state index in [-0.39, 0.29) is 12.5 Å². The molecule has 3 heteroatoms. The van der Waals surface area contributed by atoms with Gasteiger partial charge in [0.25, 0.3) is 0 Å².